The average molecular weight is 387 g/mol. The van der Waals surface area contributed by atoms with Crippen LogP contribution in [0, 0.1) is 0 Å². The lowest BCUT2D eigenvalue weighted by Gasteiger charge is -2.18. The van der Waals surface area contributed by atoms with Gasteiger partial charge in [0.15, 0.2) is 17.4 Å². The van der Waals surface area contributed by atoms with Crippen LogP contribution in [0.1, 0.15) is 13.2 Å². The number of aromatic amines is 1. The molecule has 2 aliphatic rings. The van der Waals surface area contributed by atoms with Crippen molar-refractivity contribution in [2.24, 2.45) is 0 Å². The molecule has 0 spiro atoms. The predicted octanol–water partition coefficient (Wildman–Crippen LogP) is -1.15. The van der Waals surface area contributed by atoms with Gasteiger partial charge in [-0.05, 0) is 0 Å². The van der Waals surface area contributed by atoms with E-state index < -0.39 is 50.4 Å². The number of aliphatic hydroxyl groups excluding tert-OH is 1. The first-order valence-electron chi connectivity index (χ1n) is 7.49. The zero-order valence-corrected chi connectivity index (χ0v) is 14.1. The fraction of sp³-hybridized carbons (Fsp3) is 0.500. The summed E-state index contributed by atoms with van der Waals surface area (Å²) in [5.74, 6) is -0.536. The van der Waals surface area contributed by atoms with Gasteiger partial charge in [-0.25, -0.2) is 9.55 Å². The van der Waals surface area contributed by atoms with E-state index in [2.05, 4.69) is 20.3 Å². The number of carbonyl (C=O) groups excluding carboxylic acids is 1. The molecule has 0 aromatic carbocycles. The summed E-state index contributed by atoms with van der Waals surface area (Å²) in [6, 6.07) is 0. The largest absolute Gasteiger partial charge is 0.473 e. The maximum atomic E-state index is 12.1. The number of phosphoric acid groups is 1. The van der Waals surface area contributed by atoms with Gasteiger partial charge >= 0.3 is 7.82 Å². The van der Waals surface area contributed by atoms with Crippen molar-refractivity contribution in [2.75, 3.05) is 11.9 Å². The number of carbonyl (C=O) groups is 1. The Hall–Kier alpha value is -2.15. The summed E-state index contributed by atoms with van der Waals surface area (Å²) < 4.78 is 28.7. The van der Waals surface area contributed by atoms with Crippen LogP contribution in [-0.4, -0.2) is 60.3 Å². The highest BCUT2D eigenvalue weighted by Gasteiger charge is 2.57. The van der Waals surface area contributed by atoms with Gasteiger partial charge in [-0.1, -0.05) is 0 Å². The Bertz CT molecular complexity index is 988. The first-order chi connectivity index (χ1) is 12.3. The highest BCUT2D eigenvalue weighted by molar-refractivity contribution is 7.47. The number of ether oxygens (including phenoxy) is 1. The molecular weight excluding hydrogens is 373 g/mol. The molecule has 140 valence electrons. The van der Waals surface area contributed by atoms with Gasteiger partial charge < -0.3 is 14.7 Å². The smallest absolute Gasteiger partial charge is 0.394 e. The van der Waals surface area contributed by atoms with Gasteiger partial charge in [-0.2, -0.15) is 4.98 Å². The third kappa shape index (κ3) is 2.74. The van der Waals surface area contributed by atoms with Gasteiger partial charge in [-0.15, -0.1) is 0 Å². The number of phosphoric ester groups is 1. The number of hydrogen-bond donors (Lipinski definition) is 4. The molecule has 2 aromatic heterocycles. The Labute approximate surface area is 144 Å². The van der Waals surface area contributed by atoms with Gasteiger partial charge in [0.05, 0.1) is 12.9 Å². The molecule has 26 heavy (non-hydrogen) atoms. The minimum atomic E-state index is -4.28. The van der Waals surface area contributed by atoms with E-state index in [0.717, 1.165) is 0 Å². The van der Waals surface area contributed by atoms with Crippen molar-refractivity contribution in [1.82, 2.24) is 19.5 Å². The van der Waals surface area contributed by atoms with E-state index in [4.69, 9.17) is 13.8 Å². The number of aromatic nitrogens is 4. The second-order valence-corrected chi connectivity index (χ2v) is 7.13. The van der Waals surface area contributed by atoms with Gasteiger partial charge in [0.25, 0.3) is 5.56 Å². The van der Waals surface area contributed by atoms with Crippen LogP contribution < -0.4 is 10.9 Å². The van der Waals surface area contributed by atoms with Crippen LogP contribution in [0.5, 0.6) is 0 Å². The van der Waals surface area contributed by atoms with E-state index in [1.165, 1.54) is 17.8 Å². The number of rotatable bonds is 3. The van der Waals surface area contributed by atoms with Crippen LogP contribution in [0.2, 0.25) is 0 Å². The monoisotopic (exact) mass is 387 g/mol. The van der Waals surface area contributed by atoms with E-state index in [0.29, 0.717) is 0 Å². The zero-order chi connectivity index (χ0) is 18.6. The van der Waals surface area contributed by atoms with E-state index in [1.807, 2.05) is 0 Å². The first kappa shape index (κ1) is 17.3. The minimum Gasteiger partial charge on any atom is -0.394 e. The summed E-state index contributed by atoms with van der Waals surface area (Å²) in [5.41, 5.74) is -0.567. The van der Waals surface area contributed by atoms with E-state index in [-0.39, 0.29) is 17.1 Å². The maximum absolute atomic E-state index is 12.1. The molecule has 3 unspecified atom stereocenters. The lowest BCUT2D eigenvalue weighted by Crippen LogP contribution is -2.30. The summed E-state index contributed by atoms with van der Waals surface area (Å²) >= 11 is 0. The second kappa shape index (κ2) is 5.94. The average Bonchev–Trinajstić information content (AvgIpc) is 3.17. The van der Waals surface area contributed by atoms with Gasteiger partial charge in [0, 0.05) is 6.92 Å². The van der Waals surface area contributed by atoms with Crippen molar-refractivity contribution in [2.45, 2.75) is 31.5 Å². The summed E-state index contributed by atoms with van der Waals surface area (Å²) in [6.45, 7) is 0.777. The van der Waals surface area contributed by atoms with Crippen molar-refractivity contribution in [1.29, 1.82) is 0 Å². The molecular formula is C12H14N5O8P. The predicted molar refractivity (Wildman–Crippen MR) is 83.0 cm³/mol. The number of nitrogens with one attached hydrogen (secondary N) is 2. The Kier molecular flexibility index (Phi) is 3.95. The lowest BCUT2D eigenvalue weighted by atomic mass is 10.1. The third-order valence-corrected chi connectivity index (χ3v) is 5.00. The molecule has 2 aromatic rings. The van der Waals surface area contributed by atoms with Crippen molar-refractivity contribution < 1.29 is 33.1 Å². The van der Waals surface area contributed by atoms with Crippen LogP contribution in [0.25, 0.3) is 11.2 Å². The van der Waals surface area contributed by atoms with Crippen molar-refractivity contribution >= 4 is 30.8 Å². The molecule has 5 atom stereocenters. The van der Waals surface area contributed by atoms with Crippen LogP contribution in [0.15, 0.2) is 11.1 Å². The summed E-state index contributed by atoms with van der Waals surface area (Å²) in [6.07, 6.45) is -2.69. The van der Waals surface area contributed by atoms with Gasteiger partial charge in [0.1, 0.15) is 18.3 Å². The van der Waals surface area contributed by atoms with Crippen LogP contribution in [0.4, 0.5) is 5.95 Å². The highest BCUT2D eigenvalue weighted by Crippen LogP contribution is 2.58. The second-order valence-electron chi connectivity index (χ2n) is 5.78. The number of hydrogen-bond acceptors (Lipinski definition) is 9. The lowest BCUT2D eigenvalue weighted by molar-refractivity contribution is -0.114. The van der Waals surface area contributed by atoms with Gasteiger partial charge in [0.2, 0.25) is 11.9 Å². The van der Waals surface area contributed by atoms with E-state index >= 15 is 0 Å². The summed E-state index contributed by atoms with van der Waals surface area (Å²) in [4.78, 5) is 43.3. The summed E-state index contributed by atoms with van der Waals surface area (Å²) in [7, 11) is -4.28. The van der Waals surface area contributed by atoms with E-state index in [9.17, 15) is 24.2 Å². The van der Waals surface area contributed by atoms with Crippen LogP contribution >= 0.6 is 7.82 Å². The minimum absolute atomic E-state index is 0.0298. The molecule has 4 heterocycles. The molecule has 4 rings (SSSR count). The van der Waals surface area contributed by atoms with Crippen LogP contribution in [0.3, 0.4) is 0 Å². The molecule has 13 nitrogen and oxygen atoms in total. The fourth-order valence-corrected chi connectivity index (χ4v) is 4.13. The number of nitrogens with zero attached hydrogens (tertiary/aromatic N) is 3. The number of anilines is 1. The molecule has 2 saturated heterocycles. The Balaban J connectivity index is 1.79. The molecule has 0 radical (unpaired) electrons. The number of aliphatic hydroxyl groups is 1. The SMILES string of the molecule is CC(=O)Nc1nc2c(ncn2[C@@H]2O[C@H](CO)C3OP(=O)(O)OC32)c(=O)[nH]1. The Morgan fingerprint density at radius 1 is 1.46 bits per heavy atom. The molecule has 0 bridgehead atoms. The topological polar surface area (TPSA) is 178 Å². The molecule has 2 aliphatic heterocycles. The molecule has 1 amide bonds. The summed E-state index contributed by atoms with van der Waals surface area (Å²) in [5, 5.41) is 11.8. The van der Waals surface area contributed by atoms with E-state index in [1.54, 1.807) is 0 Å². The Morgan fingerprint density at radius 2 is 2.19 bits per heavy atom. The molecule has 0 aliphatic carbocycles. The van der Waals surface area contributed by atoms with Gasteiger partial charge in [-0.3, -0.25) is 33.5 Å². The van der Waals surface area contributed by atoms with Crippen molar-refractivity contribution in [3.8, 4) is 0 Å². The normalized spacial score (nSPS) is 33.5. The highest BCUT2D eigenvalue weighted by atomic mass is 31.2. The van der Waals surface area contributed by atoms with Crippen LogP contribution in [-0.2, 0) is 23.1 Å². The maximum Gasteiger partial charge on any atom is 0.473 e. The number of H-pyrrole nitrogens is 1. The Morgan fingerprint density at radius 3 is 2.88 bits per heavy atom. The first-order valence-corrected chi connectivity index (χ1v) is 8.99. The fourth-order valence-electron chi connectivity index (χ4n) is 2.99. The van der Waals surface area contributed by atoms with Crippen molar-refractivity contribution in [3.05, 3.63) is 16.7 Å². The number of fused-ring (bicyclic) bond motifs is 2. The number of amides is 1. The standard InChI is InChI=1S/C12H14N5O8P/c1-4(19)14-12-15-9-6(10(20)16-12)13-3-17(9)11-8-7(5(2-18)23-11)24-26(21,22)25-8/h3,5,7-8,11,18H,2H2,1H3,(H,21,22)(H2,14,15,16,19,20)/t5-,7?,8?,11-/m1/s1. The third-order valence-electron chi connectivity index (χ3n) is 3.98. The molecule has 0 saturated carbocycles. The molecule has 14 heteroatoms. The molecule has 2 fully saturated rings. The zero-order valence-electron chi connectivity index (χ0n) is 13.2. The number of imidazole rings is 1. The van der Waals surface area contributed by atoms with Crippen molar-refractivity contribution in [3.63, 3.8) is 0 Å². The quantitative estimate of drug-likeness (QED) is 0.470. The molecule has 4 N–H and O–H groups in total.